The predicted octanol–water partition coefficient (Wildman–Crippen LogP) is 20.9. The highest BCUT2D eigenvalue weighted by molar-refractivity contribution is 5.76. The Labute approximate surface area is 461 Å². The van der Waals surface area contributed by atoms with Gasteiger partial charge in [0.25, 0.3) is 0 Å². The minimum Gasteiger partial charge on any atom is -0.465 e. The van der Waals surface area contributed by atoms with Crippen LogP contribution in [0.1, 0.15) is 348 Å². The van der Waals surface area contributed by atoms with Crippen LogP contribution in [0.4, 0.5) is 0 Å². The second-order valence-electron chi connectivity index (χ2n) is 22.4. The molecule has 0 saturated carbocycles. The molecule has 0 fully saturated rings. The number of aliphatic hydroxyl groups excluding tert-OH is 2. The number of aliphatic hydroxyl groups is 2. The lowest BCUT2D eigenvalue weighted by Gasteiger charge is -2.20. The summed E-state index contributed by atoms with van der Waals surface area (Å²) in [4.78, 5) is 24.6. The summed E-state index contributed by atoms with van der Waals surface area (Å²) in [5, 5.41) is 23.2. The average Bonchev–Trinajstić information content (AvgIpc) is 3.40. The third-order valence-electron chi connectivity index (χ3n) is 15.1. The Morgan fingerprint density at radius 1 is 0.378 bits per heavy atom. The lowest BCUT2D eigenvalue weighted by Crippen LogP contribution is -2.45. The van der Waals surface area contributed by atoms with E-state index in [2.05, 4.69) is 55.6 Å². The molecule has 0 aliphatic carbocycles. The standard InChI is InChI=1S/C68H127NO5/c1-3-5-7-9-11-13-15-17-19-21-28-32-36-40-44-48-52-56-60-66(71)65(64-70)69-67(72)61-57-53-49-45-41-37-33-29-26-24-23-25-27-31-35-39-43-47-51-55-59-63-74-68(73)62-58-54-50-46-42-38-34-30-22-20-18-16-14-12-10-8-6-4-2/h20,22,39,43,51,55-56,60,65-66,70-71H,3-19,21,23-38,40-42,44-50,52-54,57-59,61-64H2,1-2H3,(H,69,72)/b22-20-,43-39-,55-51-,60-56+. The van der Waals surface area contributed by atoms with E-state index in [0.717, 1.165) is 51.4 Å². The van der Waals surface area contributed by atoms with Crippen molar-refractivity contribution in [3.8, 4) is 0 Å². The zero-order valence-corrected chi connectivity index (χ0v) is 49.6. The zero-order chi connectivity index (χ0) is 53.6. The third kappa shape index (κ3) is 59.1. The number of carbonyl (C=O) groups is 2. The quantitative estimate of drug-likeness (QED) is 0.0320. The first-order valence-electron chi connectivity index (χ1n) is 32.9. The normalized spacial score (nSPS) is 12.9. The van der Waals surface area contributed by atoms with Gasteiger partial charge in [0.15, 0.2) is 0 Å². The van der Waals surface area contributed by atoms with Gasteiger partial charge >= 0.3 is 5.97 Å². The SMILES string of the molecule is CCCCCCCCC/C=C\CCCCCCCCCC(=O)OCC/C=C\C/C=C\CCCCCCCCCCCCCCCCC(=O)NC(CO)C(O)/C=C/CCCCCCCCCCCCCCCCCC. The summed E-state index contributed by atoms with van der Waals surface area (Å²) in [6.45, 7) is 4.81. The Hall–Kier alpha value is -2.18. The maximum Gasteiger partial charge on any atom is 0.305 e. The number of hydrogen-bond acceptors (Lipinski definition) is 5. The molecule has 6 nitrogen and oxygen atoms in total. The molecule has 0 radical (unpaired) electrons. The number of hydrogen-bond donors (Lipinski definition) is 3. The summed E-state index contributed by atoms with van der Waals surface area (Å²) in [7, 11) is 0. The summed E-state index contributed by atoms with van der Waals surface area (Å²) >= 11 is 0. The first-order chi connectivity index (χ1) is 36.5. The van der Waals surface area contributed by atoms with E-state index in [1.807, 2.05) is 6.08 Å². The maximum atomic E-state index is 12.5. The second-order valence-corrected chi connectivity index (χ2v) is 22.4. The van der Waals surface area contributed by atoms with Gasteiger partial charge in [-0.3, -0.25) is 9.59 Å². The highest BCUT2D eigenvalue weighted by atomic mass is 16.5. The molecule has 0 aromatic heterocycles. The van der Waals surface area contributed by atoms with Crippen LogP contribution in [0, 0.1) is 0 Å². The molecule has 0 heterocycles. The van der Waals surface area contributed by atoms with Crippen LogP contribution in [-0.2, 0) is 14.3 Å². The summed E-state index contributed by atoms with van der Waals surface area (Å²) in [6.07, 6.45) is 81.8. The molecule has 0 aromatic carbocycles. The van der Waals surface area contributed by atoms with Gasteiger partial charge in [0, 0.05) is 12.8 Å². The Morgan fingerprint density at radius 2 is 0.676 bits per heavy atom. The highest BCUT2D eigenvalue weighted by Gasteiger charge is 2.18. The van der Waals surface area contributed by atoms with E-state index < -0.39 is 12.1 Å². The van der Waals surface area contributed by atoms with E-state index in [-0.39, 0.29) is 18.5 Å². The number of allylic oxidation sites excluding steroid dienone is 6. The number of nitrogens with one attached hydrogen (secondary N) is 1. The fraction of sp³-hybridized carbons (Fsp3) is 0.853. The predicted molar refractivity (Wildman–Crippen MR) is 324 cm³/mol. The Morgan fingerprint density at radius 3 is 1.04 bits per heavy atom. The van der Waals surface area contributed by atoms with Crippen molar-refractivity contribution in [2.75, 3.05) is 13.2 Å². The van der Waals surface area contributed by atoms with E-state index in [1.54, 1.807) is 6.08 Å². The summed E-state index contributed by atoms with van der Waals surface area (Å²) in [5.41, 5.74) is 0. The molecule has 0 spiro atoms. The molecule has 434 valence electrons. The lowest BCUT2D eigenvalue weighted by molar-refractivity contribution is -0.143. The van der Waals surface area contributed by atoms with Crippen LogP contribution in [0.25, 0.3) is 0 Å². The molecular weight excluding hydrogens is 911 g/mol. The van der Waals surface area contributed by atoms with Gasteiger partial charge in [0.05, 0.1) is 25.4 Å². The van der Waals surface area contributed by atoms with Crippen LogP contribution in [0.5, 0.6) is 0 Å². The molecule has 0 aliphatic rings. The third-order valence-corrected chi connectivity index (χ3v) is 15.1. The molecule has 0 bridgehead atoms. The van der Waals surface area contributed by atoms with Crippen LogP contribution in [0.15, 0.2) is 48.6 Å². The molecule has 0 aromatic rings. The Kier molecular flexibility index (Phi) is 61.5. The number of esters is 1. The summed E-state index contributed by atoms with van der Waals surface area (Å²) in [6, 6.07) is -0.633. The number of carbonyl (C=O) groups excluding carboxylic acids is 2. The van der Waals surface area contributed by atoms with Gasteiger partial charge in [0.1, 0.15) is 0 Å². The number of amides is 1. The minimum absolute atomic E-state index is 0.0387. The molecular formula is C68H127NO5. The van der Waals surface area contributed by atoms with Crippen molar-refractivity contribution < 1.29 is 24.5 Å². The Bertz CT molecular complexity index is 1240. The molecule has 6 heteroatoms. The van der Waals surface area contributed by atoms with Gasteiger partial charge in [-0.1, -0.05) is 306 Å². The fourth-order valence-electron chi connectivity index (χ4n) is 10.1. The van der Waals surface area contributed by atoms with Crippen molar-refractivity contribution in [3.63, 3.8) is 0 Å². The van der Waals surface area contributed by atoms with Crippen LogP contribution in [0.3, 0.4) is 0 Å². The van der Waals surface area contributed by atoms with Gasteiger partial charge in [0.2, 0.25) is 5.91 Å². The molecule has 0 saturated heterocycles. The van der Waals surface area contributed by atoms with Gasteiger partial charge in [-0.05, 0) is 77.0 Å². The summed E-state index contributed by atoms with van der Waals surface area (Å²) < 4.78 is 5.43. The van der Waals surface area contributed by atoms with Gasteiger partial charge in [-0.15, -0.1) is 0 Å². The minimum atomic E-state index is -0.849. The maximum absolute atomic E-state index is 12.5. The average molecular weight is 1040 g/mol. The van der Waals surface area contributed by atoms with Gasteiger partial charge < -0.3 is 20.3 Å². The monoisotopic (exact) mass is 1040 g/mol. The topological polar surface area (TPSA) is 95.9 Å². The molecule has 3 N–H and O–H groups in total. The van der Waals surface area contributed by atoms with Gasteiger partial charge in [-0.25, -0.2) is 0 Å². The van der Waals surface area contributed by atoms with Crippen molar-refractivity contribution in [1.29, 1.82) is 0 Å². The number of unbranched alkanes of at least 4 members (excludes halogenated alkanes) is 44. The lowest BCUT2D eigenvalue weighted by atomic mass is 10.0. The molecule has 74 heavy (non-hydrogen) atoms. The number of rotatable bonds is 61. The molecule has 1 amide bonds. The van der Waals surface area contributed by atoms with E-state index >= 15 is 0 Å². The largest absolute Gasteiger partial charge is 0.465 e. The molecule has 2 atom stereocenters. The smallest absolute Gasteiger partial charge is 0.305 e. The fourth-order valence-corrected chi connectivity index (χ4v) is 10.1. The van der Waals surface area contributed by atoms with Crippen molar-refractivity contribution in [2.24, 2.45) is 0 Å². The first-order valence-corrected chi connectivity index (χ1v) is 32.9. The van der Waals surface area contributed by atoms with E-state index in [0.29, 0.717) is 19.4 Å². The van der Waals surface area contributed by atoms with E-state index in [4.69, 9.17) is 4.74 Å². The summed E-state index contributed by atoms with van der Waals surface area (Å²) in [5.74, 6) is -0.110. The van der Waals surface area contributed by atoms with Crippen molar-refractivity contribution >= 4 is 11.9 Å². The first kappa shape index (κ1) is 71.8. The van der Waals surface area contributed by atoms with Crippen LogP contribution in [0.2, 0.25) is 0 Å². The molecule has 2 unspecified atom stereocenters. The van der Waals surface area contributed by atoms with Crippen molar-refractivity contribution in [1.82, 2.24) is 5.32 Å². The second kappa shape index (κ2) is 63.4. The van der Waals surface area contributed by atoms with Gasteiger partial charge in [-0.2, -0.15) is 0 Å². The zero-order valence-electron chi connectivity index (χ0n) is 49.6. The number of ether oxygens (including phenoxy) is 1. The Balaban J connectivity index is 3.47. The van der Waals surface area contributed by atoms with Crippen LogP contribution in [-0.4, -0.2) is 47.4 Å². The van der Waals surface area contributed by atoms with Crippen molar-refractivity contribution in [2.45, 2.75) is 360 Å². The molecule has 0 aliphatic heterocycles. The highest BCUT2D eigenvalue weighted by Crippen LogP contribution is 2.17. The van der Waals surface area contributed by atoms with Crippen LogP contribution < -0.4 is 5.32 Å². The van der Waals surface area contributed by atoms with Crippen LogP contribution >= 0.6 is 0 Å². The molecule has 0 rings (SSSR count). The van der Waals surface area contributed by atoms with E-state index in [1.165, 1.54) is 270 Å². The van der Waals surface area contributed by atoms with E-state index in [9.17, 15) is 19.8 Å². The van der Waals surface area contributed by atoms with Crippen molar-refractivity contribution in [3.05, 3.63) is 48.6 Å².